The molecule has 2 N–H and O–H groups in total. The quantitative estimate of drug-likeness (QED) is 0.593. The van der Waals surface area contributed by atoms with E-state index >= 15 is 0 Å². The molecule has 2 aliphatic rings. The molecule has 1 heterocycles. The van der Waals surface area contributed by atoms with Crippen LogP contribution >= 0.6 is 0 Å². The highest BCUT2D eigenvalue weighted by molar-refractivity contribution is 5.99. The van der Waals surface area contributed by atoms with Gasteiger partial charge < -0.3 is 15.4 Å². The minimum atomic E-state index is -0.503. The van der Waals surface area contributed by atoms with Gasteiger partial charge in [0.05, 0.1) is 13.2 Å². The van der Waals surface area contributed by atoms with E-state index in [9.17, 15) is 9.59 Å². The van der Waals surface area contributed by atoms with Crippen LogP contribution in [0.2, 0.25) is 0 Å². The van der Waals surface area contributed by atoms with Crippen LogP contribution < -0.4 is 10.6 Å². The van der Waals surface area contributed by atoms with Crippen molar-refractivity contribution in [3.8, 4) is 0 Å². The fraction of sp³-hybridized carbons (Fsp3) is 0.714. The molecule has 0 aromatic rings. The Labute approximate surface area is 113 Å². The van der Waals surface area contributed by atoms with Gasteiger partial charge in [0.1, 0.15) is 5.70 Å². The lowest BCUT2D eigenvalue weighted by molar-refractivity contribution is -0.135. The van der Waals surface area contributed by atoms with Crippen molar-refractivity contribution in [3.05, 3.63) is 11.8 Å². The third kappa shape index (κ3) is 3.28. The Morgan fingerprint density at radius 3 is 2.84 bits per heavy atom. The lowest BCUT2D eigenvalue weighted by Gasteiger charge is -2.41. The molecule has 0 radical (unpaired) electrons. The van der Waals surface area contributed by atoms with Crippen molar-refractivity contribution in [2.45, 2.75) is 51.1 Å². The van der Waals surface area contributed by atoms with Crippen LogP contribution in [0, 0.1) is 5.92 Å². The molecule has 0 spiro atoms. The summed E-state index contributed by atoms with van der Waals surface area (Å²) >= 11 is 0. The lowest BCUT2D eigenvalue weighted by atomic mass is 9.79. The van der Waals surface area contributed by atoms with Crippen molar-refractivity contribution < 1.29 is 14.3 Å². The third-order valence-corrected chi connectivity index (χ3v) is 4.02. The predicted octanol–water partition coefficient (Wildman–Crippen LogP) is 1.10. The standard InChI is InChI=1S/C14H22N2O3/c1-3-4-9-5-6-10-11(7-9)15-12(14(18)16-10)8-13(17)19-2/h8-11,15H,3-7H2,1-2H3,(H,16,18)/b12-8-/t9?,10-,11-/m0/s1. The fourth-order valence-corrected chi connectivity index (χ4v) is 3.06. The van der Waals surface area contributed by atoms with Crippen LogP contribution in [0.4, 0.5) is 0 Å². The molecular weight excluding hydrogens is 244 g/mol. The molecule has 3 atom stereocenters. The average molecular weight is 266 g/mol. The van der Waals surface area contributed by atoms with Gasteiger partial charge in [-0.1, -0.05) is 19.8 Å². The average Bonchev–Trinajstić information content (AvgIpc) is 2.40. The monoisotopic (exact) mass is 266 g/mol. The second-order valence-electron chi connectivity index (χ2n) is 5.38. The van der Waals surface area contributed by atoms with Gasteiger partial charge >= 0.3 is 5.97 Å². The zero-order chi connectivity index (χ0) is 13.8. The summed E-state index contributed by atoms with van der Waals surface area (Å²) in [6.07, 6.45) is 6.90. The van der Waals surface area contributed by atoms with E-state index in [1.165, 1.54) is 32.4 Å². The number of nitrogens with one attached hydrogen (secondary N) is 2. The van der Waals surface area contributed by atoms with Crippen LogP contribution in [0.25, 0.3) is 0 Å². The van der Waals surface area contributed by atoms with Crippen molar-refractivity contribution in [2.24, 2.45) is 5.92 Å². The Morgan fingerprint density at radius 1 is 1.37 bits per heavy atom. The first-order valence-corrected chi connectivity index (χ1v) is 7.01. The van der Waals surface area contributed by atoms with E-state index in [0.29, 0.717) is 11.6 Å². The van der Waals surface area contributed by atoms with Crippen molar-refractivity contribution in [1.82, 2.24) is 10.6 Å². The smallest absolute Gasteiger partial charge is 0.332 e. The molecule has 1 saturated heterocycles. The van der Waals surface area contributed by atoms with Crippen LogP contribution in [0.15, 0.2) is 11.8 Å². The van der Waals surface area contributed by atoms with Crippen molar-refractivity contribution in [1.29, 1.82) is 0 Å². The van der Waals surface area contributed by atoms with E-state index in [2.05, 4.69) is 22.3 Å². The predicted molar refractivity (Wildman–Crippen MR) is 71.2 cm³/mol. The molecule has 1 amide bonds. The first-order chi connectivity index (χ1) is 9.13. The Bertz CT molecular complexity index is 392. The van der Waals surface area contributed by atoms with Crippen LogP contribution in [0.5, 0.6) is 0 Å². The minimum Gasteiger partial charge on any atom is -0.466 e. The molecule has 1 aliphatic carbocycles. The van der Waals surface area contributed by atoms with Crippen LogP contribution in [-0.4, -0.2) is 31.1 Å². The molecule has 1 unspecified atom stereocenters. The molecule has 106 valence electrons. The fourth-order valence-electron chi connectivity index (χ4n) is 3.06. The zero-order valence-corrected chi connectivity index (χ0v) is 11.6. The van der Waals surface area contributed by atoms with Crippen LogP contribution in [0.3, 0.4) is 0 Å². The van der Waals surface area contributed by atoms with Gasteiger partial charge in [0.2, 0.25) is 0 Å². The molecule has 2 fully saturated rings. The van der Waals surface area contributed by atoms with E-state index < -0.39 is 5.97 Å². The number of carbonyl (C=O) groups is 2. The van der Waals surface area contributed by atoms with Crippen molar-refractivity contribution in [3.63, 3.8) is 0 Å². The number of hydrogen-bond acceptors (Lipinski definition) is 4. The van der Waals surface area contributed by atoms with Gasteiger partial charge in [0.25, 0.3) is 5.91 Å². The topological polar surface area (TPSA) is 67.4 Å². The number of piperazine rings is 1. The molecule has 0 bridgehead atoms. The van der Waals surface area contributed by atoms with E-state index in [1.807, 2.05) is 0 Å². The van der Waals surface area contributed by atoms with Gasteiger partial charge in [-0.05, 0) is 25.2 Å². The number of carbonyl (C=O) groups excluding carboxylic acids is 2. The Morgan fingerprint density at radius 2 is 2.16 bits per heavy atom. The molecular formula is C14H22N2O3. The minimum absolute atomic E-state index is 0.190. The van der Waals surface area contributed by atoms with E-state index in [0.717, 1.165) is 12.8 Å². The SMILES string of the molecule is CCCC1CC[C@@H]2NC(=O)/C(=C/C(=O)OC)N[C@H]2C1. The molecule has 0 aromatic heterocycles. The van der Waals surface area contributed by atoms with Gasteiger partial charge in [-0.25, -0.2) is 4.79 Å². The summed E-state index contributed by atoms with van der Waals surface area (Å²) in [5, 5.41) is 6.19. The number of esters is 1. The number of fused-ring (bicyclic) bond motifs is 1. The van der Waals surface area contributed by atoms with Gasteiger partial charge in [-0.3, -0.25) is 4.79 Å². The summed E-state index contributed by atoms with van der Waals surface area (Å²) in [5.41, 5.74) is 0.324. The molecule has 5 heteroatoms. The highest BCUT2D eigenvalue weighted by Gasteiger charge is 2.36. The highest BCUT2D eigenvalue weighted by Crippen LogP contribution is 2.30. The highest BCUT2D eigenvalue weighted by atomic mass is 16.5. The largest absolute Gasteiger partial charge is 0.466 e. The lowest BCUT2D eigenvalue weighted by Crippen LogP contribution is -2.59. The first kappa shape index (κ1) is 13.9. The number of hydrogen-bond donors (Lipinski definition) is 2. The maximum absolute atomic E-state index is 11.9. The molecule has 1 aliphatic heterocycles. The van der Waals surface area contributed by atoms with Crippen molar-refractivity contribution in [2.75, 3.05) is 7.11 Å². The Balaban J connectivity index is 2.03. The van der Waals surface area contributed by atoms with Crippen LogP contribution in [0.1, 0.15) is 39.0 Å². The summed E-state index contributed by atoms with van der Waals surface area (Å²) in [6.45, 7) is 2.20. The van der Waals surface area contributed by atoms with E-state index in [1.54, 1.807) is 0 Å². The summed E-state index contributed by atoms with van der Waals surface area (Å²) < 4.78 is 4.56. The summed E-state index contributed by atoms with van der Waals surface area (Å²) in [4.78, 5) is 23.1. The number of rotatable bonds is 3. The number of methoxy groups -OCH3 is 1. The maximum atomic E-state index is 11.9. The molecule has 1 saturated carbocycles. The van der Waals surface area contributed by atoms with Gasteiger partial charge in [-0.2, -0.15) is 0 Å². The Hall–Kier alpha value is -1.52. The summed E-state index contributed by atoms with van der Waals surface area (Å²) in [7, 11) is 1.31. The number of amides is 1. The molecule has 5 nitrogen and oxygen atoms in total. The van der Waals surface area contributed by atoms with Gasteiger partial charge in [-0.15, -0.1) is 0 Å². The van der Waals surface area contributed by atoms with Gasteiger partial charge in [0.15, 0.2) is 0 Å². The zero-order valence-electron chi connectivity index (χ0n) is 11.6. The normalized spacial score (nSPS) is 32.2. The molecule has 0 aromatic carbocycles. The second-order valence-corrected chi connectivity index (χ2v) is 5.38. The van der Waals surface area contributed by atoms with Gasteiger partial charge in [0, 0.05) is 12.1 Å². The maximum Gasteiger partial charge on any atom is 0.332 e. The molecule has 2 rings (SSSR count). The molecule has 19 heavy (non-hydrogen) atoms. The van der Waals surface area contributed by atoms with Crippen LogP contribution in [-0.2, 0) is 14.3 Å². The van der Waals surface area contributed by atoms with E-state index in [4.69, 9.17) is 0 Å². The summed E-state index contributed by atoms with van der Waals surface area (Å²) in [5.74, 6) is 0.00531. The Kier molecular flexibility index (Phi) is 4.45. The number of ether oxygens (including phenoxy) is 1. The second kappa shape index (κ2) is 6.08. The van der Waals surface area contributed by atoms with E-state index in [-0.39, 0.29) is 18.0 Å². The summed E-state index contributed by atoms with van der Waals surface area (Å²) in [6, 6.07) is 0.425. The third-order valence-electron chi connectivity index (χ3n) is 4.02. The first-order valence-electron chi connectivity index (χ1n) is 7.01. The van der Waals surface area contributed by atoms with Crippen molar-refractivity contribution >= 4 is 11.9 Å².